The number of carbonyl (C=O) groups is 1. The van der Waals surface area contributed by atoms with E-state index in [2.05, 4.69) is 5.32 Å². The topological polar surface area (TPSA) is 99.4 Å². The van der Waals surface area contributed by atoms with Crippen LogP contribution in [0.15, 0.2) is 47.1 Å². The summed E-state index contributed by atoms with van der Waals surface area (Å²) in [5.41, 5.74) is 0. The quantitative estimate of drug-likeness (QED) is 0.796. The lowest BCUT2D eigenvalue weighted by Crippen LogP contribution is -2.67. The van der Waals surface area contributed by atoms with Crippen LogP contribution in [0.1, 0.15) is 19.0 Å². The summed E-state index contributed by atoms with van der Waals surface area (Å²) in [5.74, 6) is 0.647. The van der Waals surface area contributed by atoms with Crippen molar-refractivity contribution < 1.29 is 33.3 Å². The van der Waals surface area contributed by atoms with Gasteiger partial charge in [-0.3, -0.25) is 4.79 Å². The Morgan fingerprint density at radius 3 is 2.71 bits per heavy atom. The van der Waals surface area contributed by atoms with Gasteiger partial charge in [0.1, 0.15) is 30.1 Å². The molecule has 0 bridgehead atoms. The maximum Gasteiger partial charge on any atom is 0.223 e. The third kappa shape index (κ3) is 4.01. The van der Waals surface area contributed by atoms with Crippen LogP contribution in [-0.4, -0.2) is 48.3 Å². The molecule has 1 amide bonds. The van der Waals surface area contributed by atoms with Gasteiger partial charge in [-0.1, -0.05) is 11.6 Å². The SMILES string of the molecule is CC(=O)NC1C(Oc2ccc(Cl)cc2)OC2COC(c3ccco3)OC2C1O. The number of aliphatic hydroxyl groups excluding tert-OH is 1. The lowest BCUT2D eigenvalue weighted by molar-refractivity contribution is -0.336. The Morgan fingerprint density at radius 2 is 2.04 bits per heavy atom. The van der Waals surface area contributed by atoms with Crippen LogP contribution >= 0.6 is 11.6 Å². The number of fused-ring (bicyclic) bond motifs is 1. The van der Waals surface area contributed by atoms with E-state index in [4.69, 9.17) is 35.0 Å². The van der Waals surface area contributed by atoms with Crippen molar-refractivity contribution in [3.05, 3.63) is 53.4 Å². The molecule has 6 unspecified atom stereocenters. The Kier molecular flexibility index (Phi) is 5.56. The predicted octanol–water partition coefficient (Wildman–Crippen LogP) is 2.02. The van der Waals surface area contributed by atoms with Crippen LogP contribution in [0.3, 0.4) is 0 Å². The van der Waals surface area contributed by atoms with Gasteiger partial charge in [0, 0.05) is 11.9 Å². The van der Waals surface area contributed by atoms with Crippen molar-refractivity contribution in [2.75, 3.05) is 6.61 Å². The van der Waals surface area contributed by atoms with Gasteiger partial charge in [0.15, 0.2) is 5.76 Å². The normalized spacial score (nSPS) is 32.4. The van der Waals surface area contributed by atoms with Crippen LogP contribution in [0.2, 0.25) is 5.02 Å². The minimum Gasteiger partial charge on any atom is -0.464 e. The molecule has 2 N–H and O–H groups in total. The highest BCUT2D eigenvalue weighted by Gasteiger charge is 2.51. The number of aliphatic hydroxyl groups is 1. The molecule has 1 aromatic heterocycles. The Morgan fingerprint density at radius 1 is 1.25 bits per heavy atom. The fourth-order valence-electron chi connectivity index (χ4n) is 3.30. The van der Waals surface area contributed by atoms with E-state index in [-0.39, 0.29) is 12.5 Å². The summed E-state index contributed by atoms with van der Waals surface area (Å²) in [6.45, 7) is 1.52. The van der Waals surface area contributed by atoms with Gasteiger partial charge in [-0.2, -0.15) is 0 Å². The van der Waals surface area contributed by atoms with Gasteiger partial charge in [0.2, 0.25) is 18.5 Å². The zero-order valence-electron chi connectivity index (χ0n) is 15.0. The number of hydrogen-bond acceptors (Lipinski definition) is 7. The zero-order valence-corrected chi connectivity index (χ0v) is 15.7. The molecule has 0 saturated carbocycles. The average molecular weight is 410 g/mol. The molecule has 0 radical (unpaired) electrons. The first-order valence-electron chi connectivity index (χ1n) is 8.84. The summed E-state index contributed by atoms with van der Waals surface area (Å²) in [4.78, 5) is 11.7. The minimum atomic E-state index is -1.08. The van der Waals surface area contributed by atoms with Crippen molar-refractivity contribution in [2.24, 2.45) is 0 Å². The smallest absolute Gasteiger partial charge is 0.223 e. The lowest BCUT2D eigenvalue weighted by atomic mass is 9.96. The zero-order chi connectivity index (χ0) is 19.7. The molecule has 150 valence electrons. The maximum absolute atomic E-state index is 11.7. The Hall–Kier alpha value is -2.10. The van der Waals surface area contributed by atoms with E-state index < -0.39 is 36.9 Å². The van der Waals surface area contributed by atoms with Crippen LogP contribution < -0.4 is 10.1 Å². The molecule has 9 heteroatoms. The average Bonchev–Trinajstić information content (AvgIpc) is 3.21. The largest absolute Gasteiger partial charge is 0.464 e. The second kappa shape index (κ2) is 8.10. The van der Waals surface area contributed by atoms with E-state index in [9.17, 15) is 9.90 Å². The highest BCUT2D eigenvalue weighted by atomic mass is 35.5. The number of carbonyl (C=O) groups excluding carboxylic acids is 1. The van der Waals surface area contributed by atoms with Crippen molar-refractivity contribution in [1.82, 2.24) is 5.32 Å². The third-order valence-corrected chi connectivity index (χ3v) is 4.83. The highest BCUT2D eigenvalue weighted by Crippen LogP contribution is 2.35. The maximum atomic E-state index is 11.7. The first kappa shape index (κ1) is 19.2. The fourth-order valence-corrected chi connectivity index (χ4v) is 3.42. The Labute approximate surface area is 166 Å². The summed E-state index contributed by atoms with van der Waals surface area (Å²) >= 11 is 5.90. The molecule has 3 heterocycles. The van der Waals surface area contributed by atoms with E-state index in [0.29, 0.717) is 16.5 Å². The van der Waals surface area contributed by atoms with E-state index >= 15 is 0 Å². The first-order chi connectivity index (χ1) is 13.5. The summed E-state index contributed by atoms with van der Waals surface area (Å²) < 4.78 is 28.6. The number of benzene rings is 1. The number of hydrogen-bond donors (Lipinski definition) is 2. The third-order valence-electron chi connectivity index (χ3n) is 4.58. The van der Waals surface area contributed by atoms with E-state index in [1.54, 1.807) is 36.4 Å². The second-order valence-corrected chi connectivity index (χ2v) is 7.05. The molecule has 1 aromatic carbocycles. The molecule has 2 aliphatic rings. The van der Waals surface area contributed by atoms with Crippen LogP contribution in [0.4, 0.5) is 0 Å². The fraction of sp³-hybridized carbons (Fsp3) is 0.421. The summed E-state index contributed by atoms with van der Waals surface area (Å²) in [6.07, 6.45) is -2.58. The summed E-state index contributed by atoms with van der Waals surface area (Å²) in [7, 11) is 0. The lowest BCUT2D eigenvalue weighted by Gasteiger charge is -2.47. The van der Waals surface area contributed by atoms with Crippen molar-refractivity contribution >= 4 is 17.5 Å². The molecular formula is C19H20ClNO7. The number of halogens is 1. The molecule has 4 rings (SSSR count). The minimum absolute atomic E-state index is 0.167. The monoisotopic (exact) mass is 409 g/mol. The highest BCUT2D eigenvalue weighted by molar-refractivity contribution is 6.30. The number of amides is 1. The van der Waals surface area contributed by atoms with E-state index in [0.717, 1.165) is 0 Å². The molecule has 2 aromatic rings. The number of rotatable bonds is 4. The van der Waals surface area contributed by atoms with Gasteiger partial charge in [0.25, 0.3) is 0 Å². The van der Waals surface area contributed by atoms with Gasteiger partial charge in [0.05, 0.1) is 12.9 Å². The van der Waals surface area contributed by atoms with E-state index in [1.165, 1.54) is 13.2 Å². The standard InChI is InChI=1S/C19H20ClNO7/c1-10(22)21-15-16(23)17-14(9-25-18(28-17)13-3-2-8-24-13)27-19(15)26-12-6-4-11(20)5-7-12/h2-8,14-19,23H,9H2,1H3,(H,21,22). The van der Waals surface area contributed by atoms with Crippen LogP contribution in [0.25, 0.3) is 0 Å². The van der Waals surface area contributed by atoms with Gasteiger partial charge >= 0.3 is 0 Å². The molecule has 28 heavy (non-hydrogen) atoms. The Bertz CT molecular complexity index is 797. The van der Waals surface area contributed by atoms with Crippen molar-refractivity contribution in [3.8, 4) is 5.75 Å². The molecule has 0 aliphatic carbocycles. The van der Waals surface area contributed by atoms with E-state index in [1.807, 2.05) is 0 Å². The predicted molar refractivity (Wildman–Crippen MR) is 96.6 cm³/mol. The number of ether oxygens (including phenoxy) is 4. The van der Waals surface area contributed by atoms with Gasteiger partial charge in [-0.25, -0.2) is 0 Å². The number of nitrogens with one attached hydrogen (secondary N) is 1. The molecule has 2 saturated heterocycles. The van der Waals surface area contributed by atoms with Crippen molar-refractivity contribution in [1.29, 1.82) is 0 Å². The first-order valence-corrected chi connectivity index (χ1v) is 9.22. The Balaban J connectivity index is 1.53. The van der Waals surface area contributed by atoms with Crippen molar-refractivity contribution in [2.45, 2.75) is 43.9 Å². The number of furan rings is 1. The molecule has 2 aliphatic heterocycles. The molecule has 8 nitrogen and oxygen atoms in total. The van der Waals surface area contributed by atoms with Crippen LogP contribution in [0, 0.1) is 0 Å². The molecule has 6 atom stereocenters. The molecule has 0 spiro atoms. The second-order valence-electron chi connectivity index (χ2n) is 6.61. The summed E-state index contributed by atoms with van der Waals surface area (Å²) in [5, 5.41) is 14.2. The van der Waals surface area contributed by atoms with Gasteiger partial charge in [-0.15, -0.1) is 0 Å². The van der Waals surface area contributed by atoms with Crippen LogP contribution in [0.5, 0.6) is 5.75 Å². The van der Waals surface area contributed by atoms with Crippen LogP contribution in [-0.2, 0) is 19.0 Å². The van der Waals surface area contributed by atoms with Crippen molar-refractivity contribution in [3.63, 3.8) is 0 Å². The summed E-state index contributed by atoms with van der Waals surface area (Å²) in [6, 6.07) is 9.30. The molecular weight excluding hydrogens is 390 g/mol. The molecule has 2 fully saturated rings. The van der Waals surface area contributed by atoms with Gasteiger partial charge in [-0.05, 0) is 36.4 Å². The van der Waals surface area contributed by atoms with Gasteiger partial charge < -0.3 is 33.8 Å².